The van der Waals surface area contributed by atoms with Crippen molar-refractivity contribution in [2.24, 2.45) is 0 Å². The lowest BCUT2D eigenvalue weighted by Gasteiger charge is -2.20. The van der Waals surface area contributed by atoms with Crippen LogP contribution in [0.15, 0.2) is 18.2 Å². The molecule has 0 unspecified atom stereocenters. The maximum Gasteiger partial charge on any atom is 0.412 e. The molecule has 0 aromatic heterocycles. The Bertz CT molecular complexity index is 427. The van der Waals surface area contributed by atoms with Crippen molar-refractivity contribution in [3.05, 3.63) is 18.2 Å². The Morgan fingerprint density at radius 3 is 1.95 bits per heavy atom. The van der Waals surface area contributed by atoms with Gasteiger partial charge in [-0.1, -0.05) is 0 Å². The summed E-state index contributed by atoms with van der Waals surface area (Å²) in [6.45, 7) is 10.3. The number of hydrogen-bond acceptors (Lipinski definition) is 4. The van der Waals surface area contributed by atoms with Crippen LogP contribution in [0.2, 0.25) is 0 Å². The van der Waals surface area contributed by atoms with Crippen LogP contribution in [0.5, 0.6) is 11.5 Å². The molecule has 0 heterocycles. The lowest BCUT2D eigenvalue weighted by atomic mass is 10.2. The van der Waals surface area contributed by atoms with Crippen molar-refractivity contribution in [1.29, 1.82) is 0 Å². The van der Waals surface area contributed by atoms with Gasteiger partial charge in [-0.15, -0.1) is 0 Å². The molecule has 0 saturated heterocycles. The third-order valence-corrected chi connectivity index (χ3v) is 2.15. The van der Waals surface area contributed by atoms with Gasteiger partial charge in [-0.25, -0.2) is 4.79 Å². The van der Waals surface area contributed by atoms with Crippen molar-refractivity contribution in [2.45, 2.75) is 40.2 Å². The molecule has 20 heavy (non-hydrogen) atoms. The topological polar surface area (TPSA) is 56.8 Å². The van der Waals surface area contributed by atoms with Gasteiger partial charge in [-0.2, -0.15) is 0 Å². The van der Waals surface area contributed by atoms with E-state index in [-0.39, 0.29) is 0 Å². The fraction of sp³-hybridized carbons (Fsp3) is 0.533. The van der Waals surface area contributed by atoms with Crippen molar-refractivity contribution in [3.63, 3.8) is 0 Å². The van der Waals surface area contributed by atoms with Crippen LogP contribution >= 0.6 is 0 Å². The molecule has 0 atom stereocenters. The maximum atomic E-state index is 11.8. The van der Waals surface area contributed by atoms with Crippen LogP contribution in [0.25, 0.3) is 0 Å². The molecule has 1 aromatic carbocycles. The van der Waals surface area contributed by atoms with Crippen molar-refractivity contribution in [1.82, 2.24) is 0 Å². The summed E-state index contributed by atoms with van der Waals surface area (Å²) in [5.41, 5.74) is 0.0401. The van der Waals surface area contributed by atoms with Gasteiger partial charge in [0.15, 0.2) is 0 Å². The first-order valence-electron chi connectivity index (χ1n) is 6.74. The Labute approximate surface area is 120 Å². The summed E-state index contributed by atoms with van der Waals surface area (Å²) in [4.78, 5) is 11.8. The van der Waals surface area contributed by atoms with Gasteiger partial charge in [0.05, 0.1) is 18.9 Å². The molecule has 1 N–H and O–H groups in total. The van der Waals surface area contributed by atoms with E-state index in [1.165, 1.54) is 0 Å². The molecular formula is C15H23NO4. The first-order valence-corrected chi connectivity index (χ1v) is 6.74. The number of rotatable bonds is 5. The number of carbonyl (C=O) groups is 1. The highest BCUT2D eigenvalue weighted by atomic mass is 16.6. The van der Waals surface area contributed by atoms with E-state index in [4.69, 9.17) is 14.2 Å². The van der Waals surface area contributed by atoms with Crippen molar-refractivity contribution in [2.75, 3.05) is 18.5 Å². The standard InChI is InChI=1S/C15H23NO4/c1-6-18-12-8-11(9-13(10-12)19-7-2)16-14(17)20-15(3,4)5/h8-10H,6-7H2,1-5H3,(H,16,17). The van der Waals surface area contributed by atoms with Gasteiger partial charge < -0.3 is 14.2 Å². The van der Waals surface area contributed by atoms with Crippen LogP contribution in [0.3, 0.4) is 0 Å². The van der Waals surface area contributed by atoms with Gasteiger partial charge in [0, 0.05) is 18.2 Å². The largest absolute Gasteiger partial charge is 0.494 e. The Morgan fingerprint density at radius 1 is 1.05 bits per heavy atom. The summed E-state index contributed by atoms with van der Waals surface area (Å²) in [5.74, 6) is 1.29. The van der Waals surface area contributed by atoms with Gasteiger partial charge >= 0.3 is 6.09 Å². The molecule has 0 aliphatic heterocycles. The first-order chi connectivity index (χ1) is 9.34. The highest BCUT2D eigenvalue weighted by Gasteiger charge is 2.16. The molecule has 1 aromatic rings. The minimum Gasteiger partial charge on any atom is -0.494 e. The van der Waals surface area contributed by atoms with E-state index in [0.717, 1.165) is 0 Å². The SMILES string of the molecule is CCOc1cc(NC(=O)OC(C)(C)C)cc(OCC)c1. The Kier molecular flexibility index (Phi) is 5.67. The lowest BCUT2D eigenvalue weighted by Crippen LogP contribution is -2.27. The third-order valence-electron chi connectivity index (χ3n) is 2.15. The summed E-state index contributed by atoms with van der Waals surface area (Å²) in [7, 11) is 0. The third kappa shape index (κ3) is 5.82. The minimum absolute atomic E-state index is 0.506. The van der Waals surface area contributed by atoms with E-state index >= 15 is 0 Å². The smallest absolute Gasteiger partial charge is 0.412 e. The average molecular weight is 281 g/mol. The fourth-order valence-electron chi connectivity index (χ4n) is 1.57. The van der Waals surface area contributed by atoms with Crippen LogP contribution < -0.4 is 14.8 Å². The second-order valence-electron chi connectivity index (χ2n) is 5.19. The second kappa shape index (κ2) is 7.03. The summed E-state index contributed by atoms with van der Waals surface area (Å²) in [5, 5.41) is 2.67. The Balaban J connectivity index is 2.84. The molecule has 0 spiro atoms. The summed E-state index contributed by atoms with van der Waals surface area (Å²) < 4.78 is 16.1. The molecular weight excluding hydrogens is 258 g/mol. The van der Waals surface area contributed by atoms with Crippen LogP contribution in [0.1, 0.15) is 34.6 Å². The van der Waals surface area contributed by atoms with Crippen LogP contribution in [-0.4, -0.2) is 24.9 Å². The lowest BCUT2D eigenvalue weighted by molar-refractivity contribution is 0.0636. The van der Waals surface area contributed by atoms with Gasteiger partial charge in [0.1, 0.15) is 17.1 Å². The van der Waals surface area contributed by atoms with E-state index < -0.39 is 11.7 Å². The Hall–Kier alpha value is -1.91. The molecule has 1 amide bonds. The average Bonchev–Trinajstić information content (AvgIpc) is 2.26. The van der Waals surface area contributed by atoms with Gasteiger partial charge in [0.25, 0.3) is 0 Å². The second-order valence-corrected chi connectivity index (χ2v) is 5.19. The van der Waals surface area contributed by atoms with Gasteiger partial charge in [-0.3, -0.25) is 5.32 Å². The maximum absolute atomic E-state index is 11.8. The van der Waals surface area contributed by atoms with Crippen LogP contribution in [0.4, 0.5) is 10.5 Å². The normalized spacial score (nSPS) is 10.8. The molecule has 0 radical (unpaired) electrons. The number of hydrogen-bond donors (Lipinski definition) is 1. The molecule has 5 nitrogen and oxygen atoms in total. The van der Waals surface area contributed by atoms with E-state index in [1.54, 1.807) is 18.2 Å². The number of nitrogens with one attached hydrogen (secondary N) is 1. The predicted octanol–water partition coefficient (Wildman–Crippen LogP) is 3.83. The molecule has 0 aliphatic rings. The summed E-state index contributed by atoms with van der Waals surface area (Å²) in [6.07, 6.45) is -0.506. The zero-order chi connectivity index (χ0) is 15.2. The molecule has 1 rings (SSSR count). The zero-order valence-electron chi connectivity index (χ0n) is 12.8. The van der Waals surface area contributed by atoms with E-state index in [0.29, 0.717) is 30.4 Å². The minimum atomic E-state index is -0.537. The number of amides is 1. The summed E-state index contributed by atoms with van der Waals surface area (Å²) in [6, 6.07) is 5.25. The van der Waals surface area contributed by atoms with Gasteiger partial charge in [0.2, 0.25) is 0 Å². The van der Waals surface area contributed by atoms with Crippen LogP contribution in [0, 0.1) is 0 Å². The Morgan fingerprint density at radius 2 is 1.55 bits per heavy atom. The highest BCUT2D eigenvalue weighted by molar-refractivity contribution is 5.85. The fourth-order valence-corrected chi connectivity index (χ4v) is 1.57. The monoisotopic (exact) mass is 281 g/mol. The molecule has 0 aliphatic carbocycles. The van der Waals surface area contributed by atoms with Crippen molar-refractivity contribution in [3.8, 4) is 11.5 Å². The van der Waals surface area contributed by atoms with E-state index in [2.05, 4.69) is 5.32 Å². The zero-order valence-corrected chi connectivity index (χ0v) is 12.8. The predicted molar refractivity (Wildman–Crippen MR) is 78.6 cm³/mol. The van der Waals surface area contributed by atoms with Crippen molar-refractivity contribution >= 4 is 11.8 Å². The molecule has 0 bridgehead atoms. The molecule has 112 valence electrons. The van der Waals surface area contributed by atoms with Crippen molar-refractivity contribution < 1.29 is 19.0 Å². The molecule has 0 fully saturated rings. The number of ether oxygens (including phenoxy) is 3. The quantitative estimate of drug-likeness (QED) is 0.891. The number of anilines is 1. The molecule has 5 heteroatoms. The first kappa shape index (κ1) is 16.1. The van der Waals surface area contributed by atoms with E-state index in [1.807, 2.05) is 34.6 Å². The molecule has 0 saturated carbocycles. The highest BCUT2D eigenvalue weighted by Crippen LogP contribution is 2.26. The number of benzene rings is 1. The number of carbonyl (C=O) groups excluding carboxylic acids is 1. The summed E-state index contributed by atoms with van der Waals surface area (Å²) >= 11 is 0. The van der Waals surface area contributed by atoms with E-state index in [9.17, 15) is 4.79 Å². The van der Waals surface area contributed by atoms with Crippen LogP contribution in [-0.2, 0) is 4.74 Å². The van der Waals surface area contributed by atoms with Gasteiger partial charge in [-0.05, 0) is 34.6 Å².